The molecule has 2 heterocycles. The lowest BCUT2D eigenvalue weighted by atomic mass is 10.2. The molecule has 0 spiro atoms. The number of rotatable bonds is 7. The van der Waals surface area contributed by atoms with E-state index >= 15 is 0 Å². The summed E-state index contributed by atoms with van der Waals surface area (Å²) in [5.41, 5.74) is 13.8. The molecule has 0 saturated carbocycles. The number of hydrogen-bond acceptors (Lipinski definition) is 5. The number of nitrogens with two attached hydrogens (primary N) is 2. The fraction of sp³-hybridized carbons (Fsp3) is 0.263. The van der Waals surface area contributed by atoms with E-state index < -0.39 is 5.91 Å². The number of allylic oxidation sites excluding steroid dienone is 1. The third kappa shape index (κ3) is 4.64. The Hall–Kier alpha value is -3.17. The summed E-state index contributed by atoms with van der Waals surface area (Å²) in [7, 11) is 0. The Kier molecular flexibility index (Phi) is 7.13. The number of carbonyl (C=O) groups is 2. The molecule has 1 aromatic carbocycles. The Morgan fingerprint density at radius 3 is 2.66 bits per heavy atom. The molecule has 0 aliphatic carbocycles. The molecule has 154 valence electrons. The van der Waals surface area contributed by atoms with Gasteiger partial charge in [-0.1, -0.05) is 12.2 Å². The number of benzene rings is 1. The molecule has 2 aromatic heterocycles. The lowest BCUT2D eigenvalue weighted by Crippen LogP contribution is -2.19. The van der Waals surface area contributed by atoms with E-state index in [2.05, 4.69) is 15.4 Å². The van der Waals surface area contributed by atoms with Gasteiger partial charge in [0.2, 0.25) is 11.9 Å². The molecule has 10 heteroatoms. The Labute approximate surface area is 174 Å². The fourth-order valence-corrected chi connectivity index (χ4v) is 2.97. The summed E-state index contributed by atoms with van der Waals surface area (Å²) in [6, 6.07) is 6.73. The van der Waals surface area contributed by atoms with E-state index in [1.165, 1.54) is 0 Å². The number of fused-ring (bicyclic) bond motifs is 1. The van der Waals surface area contributed by atoms with Crippen molar-refractivity contribution >= 4 is 41.2 Å². The topological polar surface area (TPSA) is 134 Å². The third-order valence-corrected chi connectivity index (χ3v) is 4.28. The molecule has 9 nitrogen and oxygen atoms in total. The van der Waals surface area contributed by atoms with Gasteiger partial charge in [-0.3, -0.25) is 19.6 Å². The zero-order chi connectivity index (χ0) is 20.3. The molecular formula is C19H24ClN7O2. The van der Waals surface area contributed by atoms with Crippen molar-refractivity contribution in [3.8, 4) is 0 Å². The molecule has 5 N–H and O–H groups in total. The second kappa shape index (κ2) is 9.35. The molecule has 0 saturated heterocycles. The van der Waals surface area contributed by atoms with Gasteiger partial charge in [-0.2, -0.15) is 5.10 Å². The number of carbonyl (C=O) groups excluding carboxylic acids is 2. The Morgan fingerprint density at radius 1 is 1.24 bits per heavy atom. The molecule has 29 heavy (non-hydrogen) atoms. The predicted octanol–water partition coefficient (Wildman–Crippen LogP) is 1.85. The van der Waals surface area contributed by atoms with Gasteiger partial charge >= 0.3 is 0 Å². The molecule has 0 atom stereocenters. The highest BCUT2D eigenvalue weighted by Gasteiger charge is 2.18. The van der Waals surface area contributed by atoms with Crippen molar-refractivity contribution in [3.63, 3.8) is 0 Å². The van der Waals surface area contributed by atoms with Crippen LogP contribution in [0, 0.1) is 6.92 Å². The van der Waals surface area contributed by atoms with E-state index in [-0.39, 0.29) is 18.3 Å². The van der Waals surface area contributed by atoms with Gasteiger partial charge < -0.3 is 16.0 Å². The maximum absolute atomic E-state index is 12.8. The van der Waals surface area contributed by atoms with E-state index in [4.69, 9.17) is 11.5 Å². The molecule has 0 unspecified atom stereocenters. The van der Waals surface area contributed by atoms with Gasteiger partial charge in [0.25, 0.3) is 5.91 Å². The SMILES string of the molecule is CCn1nc(C)cc1C(=O)Nc1nc2cc(C(N)=O)ccc2n1C/C=C/CN.Cl. The highest BCUT2D eigenvalue weighted by Crippen LogP contribution is 2.22. The van der Waals surface area contributed by atoms with Crippen LogP contribution in [-0.4, -0.2) is 37.7 Å². The second-order valence-corrected chi connectivity index (χ2v) is 6.26. The van der Waals surface area contributed by atoms with E-state index in [1.807, 2.05) is 30.6 Å². The van der Waals surface area contributed by atoms with Gasteiger partial charge in [0.05, 0.1) is 16.7 Å². The van der Waals surface area contributed by atoms with Crippen LogP contribution in [0.2, 0.25) is 0 Å². The number of hydrogen-bond donors (Lipinski definition) is 3. The fourth-order valence-electron chi connectivity index (χ4n) is 2.97. The lowest BCUT2D eigenvalue weighted by Gasteiger charge is -2.09. The van der Waals surface area contributed by atoms with Crippen LogP contribution in [0.5, 0.6) is 0 Å². The van der Waals surface area contributed by atoms with Crippen molar-refractivity contribution in [2.24, 2.45) is 11.5 Å². The minimum atomic E-state index is -0.535. The molecule has 3 rings (SSSR count). The van der Waals surface area contributed by atoms with Crippen molar-refractivity contribution in [1.82, 2.24) is 19.3 Å². The van der Waals surface area contributed by atoms with Gasteiger partial charge in [0.1, 0.15) is 5.69 Å². The highest BCUT2D eigenvalue weighted by atomic mass is 35.5. The summed E-state index contributed by atoms with van der Waals surface area (Å²) in [4.78, 5) is 28.8. The van der Waals surface area contributed by atoms with Crippen LogP contribution in [-0.2, 0) is 13.1 Å². The average Bonchev–Trinajstić information content (AvgIpc) is 3.21. The largest absolute Gasteiger partial charge is 0.366 e. The first-order chi connectivity index (χ1) is 13.4. The van der Waals surface area contributed by atoms with Crippen LogP contribution >= 0.6 is 12.4 Å². The van der Waals surface area contributed by atoms with Crippen molar-refractivity contribution in [2.45, 2.75) is 26.9 Å². The number of anilines is 1. The quantitative estimate of drug-likeness (QED) is 0.504. The smallest absolute Gasteiger partial charge is 0.276 e. The Bertz CT molecular complexity index is 1070. The number of primary amides is 1. The summed E-state index contributed by atoms with van der Waals surface area (Å²) >= 11 is 0. The van der Waals surface area contributed by atoms with Gasteiger partial charge in [-0.25, -0.2) is 4.98 Å². The normalized spacial score (nSPS) is 11.0. The standard InChI is InChI=1S/C19H23N7O2.ClH/c1-3-26-16(10-12(2)24-26)18(28)23-19-22-14-11-13(17(21)27)6-7-15(14)25(19)9-5-4-8-20;/h4-7,10-11H,3,8-9,20H2,1-2H3,(H2,21,27)(H,22,23,28);1H/b5-4+;. The van der Waals surface area contributed by atoms with Crippen molar-refractivity contribution in [1.29, 1.82) is 0 Å². The van der Waals surface area contributed by atoms with Gasteiger partial charge in [-0.05, 0) is 38.1 Å². The molecule has 0 aliphatic rings. The minimum absolute atomic E-state index is 0. The molecular weight excluding hydrogens is 394 g/mol. The maximum atomic E-state index is 12.8. The molecule has 0 aliphatic heterocycles. The maximum Gasteiger partial charge on any atom is 0.276 e. The predicted molar refractivity (Wildman–Crippen MR) is 114 cm³/mol. The van der Waals surface area contributed by atoms with Gasteiger partial charge in [0.15, 0.2) is 0 Å². The average molecular weight is 418 g/mol. The zero-order valence-corrected chi connectivity index (χ0v) is 17.1. The molecule has 0 bridgehead atoms. The van der Waals surface area contributed by atoms with Gasteiger partial charge in [0, 0.05) is 25.2 Å². The van der Waals surface area contributed by atoms with E-state index in [0.29, 0.717) is 42.4 Å². The zero-order valence-electron chi connectivity index (χ0n) is 16.3. The summed E-state index contributed by atoms with van der Waals surface area (Å²) in [5.74, 6) is -0.478. The molecule has 3 aromatic rings. The number of aromatic nitrogens is 4. The number of halogens is 1. The monoisotopic (exact) mass is 417 g/mol. The van der Waals surface area contributed by atoms with Crippen molar-refractivity contribution in [2.75, 3.05) is 11.9 Å². The summed E-state index contributed by atoms with van der Waals surface area (Å²) in [6.07, 6.45) is 3.71. The van der Waals surface area contributed by atoms with Crippen LogP contribution in [0.1, 0.15) is 33.5 Å². The molecule has 0 radical (unpaired) electrons. The summed E-state index contributed by atoms with van der Waals surface area (Å²) in [5, 5.41) is 7.15. The van der Waals surface area contributed by atoms with Crippen molar-refractivity contribution in [3.05, 3.63) is 53.4 Å². The third-order valence-electron chi connectivity index (χ3n) is 4.28. The van der Waals surface area contributed by atoms with E-state index in [1.54, 1.807) is 28.9 Å². The first-order valence-corrected chi connectivity index (χ1v) is 8.95. The Balaban J connectivity index is 0.00000300. The molecule has 0 fully saturated rings. The first kappa shape index (κ1) is 22.1. The number of amides is 2. The van der Waals surface area contributed by atoms with Gasteiger partial charge in [-0.15, -0.1) is 12.4 Å². The van der Waals surface area contributed by atoms with Crippen LogP contribution in [0.25, 0.3) is 11.0 Å². The van der Waals surface area contributed by atoms with E-state index in [9.17, 15) is 9.59 Å². The van der Waals surface area contributed by atoms with Crippen LogP contribution in [0.4, 0.5) is 5.95 Å². The first-order valence-electron chi connectivity index (χ1n) is 8.95. The minimum Gasteiger partial charge on any atom is -0.366 e. The second-order valence-electron chi connectivity index (χ2n) is 6.26. The number of aryl methyl sites for hydroxylation is 2. The number of imidazole rings is 1. The highest BCUT2D eigenvalue weighted by molar-refractivity contribution is 6.03. The number of nitrogens with zero attached hydrogens (tertiary/aromatic N) is 4. The summed E-state index contributed by atoms with van der Waals surface area (Å²) in [6.45, 7) is 5.21. The lowest BCUT2D eigenvalue weighted by molar-refractivity contribution is 0.0996. The number of nitrogens with one attached hydrogen (secondary N) is 1. The van der Waals surface area contributed by atoms with Crippen LogP contribution in [0.15, 0.2) is 36.4 Å². The van der Waals surface area contributed by atoms with Crippen molar-refractivity contribution < 1.29 is 9.59 Å². The molecule has 2 amide bonds. The van der Waals surface area contributed by atoms with Crippen LogP contribution in [0.3, 0.4) is 0 Å². The Morgan fingerprint density at radius 2 is 2.00 bits per heavy atom. The van der Waals surface area contributed by atoms with E-state index in [0.717, 1.165) is 11.2 Å². The summed E-state index contributed by atoms with van der Waals surface area (Å²) < 4.78 is 3.47. The van der Waals surface area contributed by atoms with Crippen LogP contribution < -0.4 is 16.8 Å².